The molecule has 0 aliphatic heterocycles. The fourth-order valence-electron chi connectivity index (χ4n) is 1.16. The lowest BCUT2D eigenvalue weighted by Gasteiger charge is -1.97. The minimum atomic E-state index is 0.132. The third-order valence-electron chi connectivity index (χ3n) is 1.75. The van der Waals surface area contributed by atoms with Crippen LogP contribution in [-0.2, 0) is 4.79 Å². The highest BCUT2D eigenvalue weighted by molar-refractivity contribution is 5.86. The lowest BCUT2D eigenvalue weighted by molar-refractivity contribution is -0.116. The minimum absolute atomic E-state index is 0.132. The van der Waals surface area contributed by atoms with Crippen LogP contribution < -0.4 is 5.43 Å². The van der Waals surface area contributed by atoms with Crippen LogP contribution in [0.1, 0.15) is 32.6 Å². The third-order valence-corrected chi connectivity index (χ3v) is 1.75. The topological polar surface area (TPSA) is 41.5 Å². The number of nitrogens with one attached hydrogen (secondary N) is 1. The zero-order valence-electron chi connectivity index (χ0n) is 6.89. The van der Waals surface area contributed by atoms with E-state index in [1.807, 2.05) is 0 Å². The van der Waals surface area contributed by atoms with Gasteiger partial charge in [-0.1, -0.05) is 0 Å². The molecule has 0 aromatic heterocycles. The molecular weight excluding hydrogens is 140 g/mol. The fourth-order valence-corrected chi connectivity index (χ4v) is 1.16. The van der Waals surface area contributed by atoms with Gasteiger partial charge in [-0.05, 0) is 32.6 Å². The van der Waals surface area contributed by atoms with E-state index in [4.69, 9.17) is 0 Å². The van der Waals surface area contributed by atoms with Gasteiger partial charge >= 0.3 is 0 Å². The molecule has 62 valence electrons. The van der Waals surface area contributed by atoms with E-state index >= 15 is 0 Å². The van der Waals surface area contributed by atoms with Crippen molar-refractivity contribution in [2.24, 2.45) is 5.10 Å². The molecule has 0 spiro atoms. The molecule has 1 aliphatic rings. The van der Waals surface area contributed by atoms with Gasteiger partial charge in [0.1, 0.15) is 0 Å². The first-order valence-electron chi connectivity index (χ1n) is 4.07. The van der Waals surface area contributed by atoms with Crippen molar-refractivity contribution in [2.45, 2.75) is 32.6 Å². The maximum absolute atomic E-state index is 10.5. The van der Waals surface area contributed by atoms with Crippen LogP contribution in [0.4, 0.5) is 0 Å². The molecule has 0 unspecified atom stereocenters. The summed E-state index contributed by atoms with van der Waals surface area (Å²) in [5.41, 5.74) is 3.98. The van der Waals surface area contributed by atoms with Crippen molar-refractivity contribution >= 4 is 11.5 Å². The summed E-state index contributed by atoms with van der Waals surface area (Å²) in [4.78, 5) is 10.5. The number of rotatable bonds is 3. The van der Waals surface area contributed by atoms with Crippen molar-refractivity contribution in [3.63, 3.8) is 0 Å². The zero-order chi connectivity index (χ0) is 8.10. The highest BCUT2D eigenvalue weighted by Crippen LogP contribution is 2.13. The van der Waals surface area contributed by atoms with Crippen LogP contribution in [0.25, 0.3) is 0 Å². The summed E-state index contributed by atoms with van der Waals surface area (Å²) in [5.74, 6) is 0.132. The van der Waals surface area contributed by atoms with Gasteiger partial charge in [-0.3, -0.25) is 4.79 Å². The van der Waals surface area contributed by atoms with Crippen molar-refractivity contribution in [2.75, 3.05) is 6.54 Å². The maximum Gasteiger partial charge on any atom is 0.150 e. The average Bonchev–Trinajstić information content (AvgIpc) is 2.39. The molecule has 1 rings (SSSR count). The molecule has 0 radical (unpaired) electrons. The maximum atomic E-state index is 10.5. The van der Waals surface area contributed by atoms with Gasteiger partial charge in [0.15, 0.2) is 5.78 Å². The Morgan fingerprint density at radius 2 is 2.18 bits per heavy atom. The Kier molecular flexibility index (Phi) is 3.08. The first kappa shape index (κ1) is 8.24. The Balaban J connectivity index is 2.18. The van der Waals surface area contributed by atoms with E-state index in [1.54, 1.807) is 6.92 Å². The molecule has 3 heteroatoms. The normalized spacial score (nSPS) is 16.6. The molecule has 0 atom stereocenters. The second kappa shape index (κ2) is 4.11. The molecule has 1 saturated carbocycles. The SMILES string of the molecule is CC(=O)CNN=C1CCCC1. The standard InChI is InChI=1S/C8H14N2O/c1-7(11)6-9-10-8-4-2-3-5-8/h9H,2-6H2,1H3. The van der Waals surface area contributed by atoms with Crippen LogP contribution in [0.2, 0.25) is 0 Å². The van der Waals surface area contributed by atoms with Gasteiger partial charge in [-0.25, -0.2) is 0 Å². The predicted molar refractivity (Wildman–Crippen MR) is 44.6 cm³/mol. The molecule has 11 heavy (non-hydrogen) atoms. The predicted octanol–water partition coefficient (Wildman–Crippen LogP) is 1.09. The molecule has 0 aromatic rings. The molecule has 0 bridgehead atoms. The van der Waals surface area contributed by atoms with E-state index in [1.165, 1.54) is 18.6 Å². The second-order valence-electron chi connectivity index (χ2n) is 2.92. The van der Waals surface area contributed by atoms with E-state index in [9.17, 15) is 4.79 Å². The van der Waals surface area contributed by atoms with Crippen molar-refractivity contribution in [1.29, 1.82) is 0 Å². The lowest BCUT2D eigenvalue weighted by atomic mass is 10.3. The second-order valence-corrected chi connectivity index (χ2v) is 2.92. The molecule has 0 heterocycles. The van der Waals surface area contributed by atoms with Gasteiger partial charge < -0.3 is 5.43 Å². The highest BCUT2D eigenvalue weighted by atomic mass is 16.1. The molecule has 1 N–H and O–H groups in total. The van der Waals surface area contributed by atoms with Crippen LogP contribution in [0.3, 0.4) is 0 Å². The highest BCUT2D eigenvalue weighted by Gasteiger charge is 2.07. The number of carbonyl (C=O) groups excluding carboxylic acids is 1. The Hall–Kier alpha value is -0.860. The van der Waals surface area contributed by atoms with Gasteiger partial charge in [0, 0.05) is 5.71 Å². The minimum Gasteiger partial charge on any atom is -0.303 e. The molecule has 0 amide bonds. The Labute approximate surface area is 66.9 Å². The Morgan fingerprint density at radius 3 is 2.73 bits per heavy atom. The average molecular weight is 154 g/mol. The Morgan fingerprint density at radius 1 is 1.55 bits per heavy atom. The van der Waals surface area contributed by atoms with E-state index in [2.05, 4.69) is 10.5 Å². The molecule has 0 aromatic carbocycles. The number of ketones is 1. The third kappa shape index (κ3) is 3.16. The summed E-state index contributed by atoms with van der Waals surface area (Å²) in [7, 11) is 0. The fraction of sp³-hybridized carbons (Fsp3) is 0.750. The lowest BCUT2D eigenvalue weighted by Crippen LogP contribution is -2.16. The van der Waals surface area contributed by atoms with Crippen LogP contribution in [0.5, 0.6) is 0 Å². The van der Waals surface area contributed by atoms with E-state index in [-0.39, 0.29) is 5.78 Å². The Bertz CT molecular complexity index is 167. The van der Waals surface area contributed by atoms with Crippen LogP contribution in [-0.4, -0.2) is 18.0 Å². The van der Waals surface area contributed by atoms with Gasteiger partial charge in [-0.2, -0.15) is 5.10 Å². The van der Waals surface area contributed by atoms with Crippen LogP contribution in [0.15, 0.2) is 5.10 Å². The summed E-state index contributed by atoms with van der Waals surface area (Å²) in [6, 6.07) is 0. The number of hydrogen-bond donors (Lipinski definition) is 1. The van der Waals surface area contributed by atoms with Gasteiger partial charge in [0.25, 0.3) is 0 Å². The van der Waals surface area contributed by atoms with E-state index < -0.39 is 0 Å². The molecular formula is C8H14N2O. The number of nitrogens with zero attached hydrogens (tertiary/aromatic N) is 1. The first-order valence-corrected chi connectivity index (χ1v) is 4.07. The van der Waals surface area contributed by atoms with Gasteiger partial charge in [0.05, 0.1) is 6.54 Å². The summed E-state index contributed by atoms with van der Waals surface area (Å²) >= 11 is 0. The number of hydrogen-bond acceptors (Lipinski definition) is 3. The zero-order valence-corrected chi connectivity index (χ0v) is 6.89. The summed E-state index contributed by atoms with van der Waals surface area (Å²) in [6.07, 6.45) is 4.71. The van der Waals surface area contributed by atoms with E-state index in [0.717, 1.165) is 12.8 Å². The van der Waals surface area contributed by atoms with E-state index in [0.29, 0.717) is 6.54 Å². The first-order chi connectivity index (χ1) is 5.29. The monoisotopic (exact) mass is 154 g/mol. The van der Waals surface area contributed by atoms with Crippen LogP contribution in [0, 0.1) is 0 Å². The molecule has 3 nitrogen and oxygen atoms in total. The van der Waals surface area contributed by atoms with Gasteiger partial charge in [0.2, 0.25) is 0 Å². The largest absolute Gasteiger partial charge is 0.303 e. The summed E-state index contributed by atoms with van der Waals surface area (Å²) in [6.45, 7) is 1.92. The molecule has 1 aliphatic carbocycles. The van der Waals surface area contributed by atoms with Gasteiger partial charge in [-0.15, -0.1) is 0 Å². The van der Waals surface area contributed by atoms with Crippen molar-refractivity contribution in [3.05, 3.63) is 0 Å². The van der Waals surface area contributed by atoms with Crippen molar-refractivity contribution in [3.8, 4) is 0 Å². The quantitative estimate of drug-likeness (QED) is 0.618. The van der Waals surface area contributed by atoms with Crippen molar-refractivity contribution < 1.29 is 4.79 Å². The molecule has 0 saturated heterocycles. The summed E-state index contributed by atoms with van der Waals surface area (Å²) < 4.78 is 0. The van der Waals surface area contributed by atoms with Crippen molar-refractivity contribution in [1.82, 2.24) is 5.43 Å². The number of Topliss-reactive ketones (excluding diaryl/α,β-unsaturated/α-hetero) is 1. The summed E-state index contributed by atoms with van der Waals surface area (Å²) in [5, 5.41) is 4.11. The van der Waals surface area contributed by atoms with Crippen LogP contribution >= 0.6 is 0 Å². The molecule has 1 fully saturated rings. The number of hydrazone groups is 1. The number of carbonyl (C=O) groups is 1. The smallest absolute Gasteiger partial charge is 0.150 e.